The van der Waals surface area contributed by atoms with Crippen LogP contribution in [0.3, 0.4) is 0 Å². The number of fused-ring (bicyclic) bond motifs is 3. The predicted octanol–water partition coefficient (Wildman–Crippen LogP) is 5.69. The second-order valence-electron chi connectivity index (χ2n) is 12.1. The highest BCUT2D eigenvalue weighted by Crippen LogP contribution is 2.55. The lowest BCUT2D eigenvalue weighted by Gasteiger charge is -2.35. The monoisotopic (exact) mass is 553 g/mol. The fourth-order valence-electron chi connectivity index (χ4n) is 7.71. The maximum atomic E-state index is 13.4. The number of carbonyl (C=O) groups is 1. The Bertz CT molecular complexity index is 1650. The first-order valence-corrected chi connectivity index (χ1v) is 14.6. The Morgan fingerprint density at radius 1 is 1.10 bits per heavy atom. The molecule has 0 saturated heterocycles. The minimum absolute atomic E-state index is 0.0418. The third-order valence-electron chi connectivity index (χ3n) is 9.46. The van der Waals surface area contributed by atoms with Gasteiger partial charge in [0.15, 0.2) is 5.43 Å². The normalized spacial score (nSPS) is 27.1. The van der Waals surface area contributed by atoms with Crippen LogP contribution in [-0.4, -0.2) is 32.2 Å². The van der Waals surface area contributed by atoms with E-state index < -0.39 is 5.60 Å². The highest BCUT2D eigenvalue weighted by molar-refractivity contribution is 6.31. The predicted molar refractivity (Wildman–Crippen MR) is 156 cm³/mol. The average molecular weight is 554 g/mol. The molecule has 2 aromatic carbocycles. The van der Waals surface area contributed by atoms with Crippen molar-refractivity contribution in [3.63, 3.8) is 0 Å². The molecular weight excluding hydrogens is 522 g/mol. The molecule has 5 atom stereocenters. The lowest BCUT2D eigenvalue weighted by atomic mass is 9.76. The molecule has 0 spiro atoms. The molecule has 2 heterocycles. The van der Waals surface area contributed by atoms with Crippen molar-refractivity contribution in [1.82, 2.24) is 14.9 Å². The summed E-state index contributed by atoms with van der Waals surface area (Å²) in [4.78, 5) is 31.2. The quantitative estimate of drug-likeness (QED) is 0.332. The molecule has 40 heavy (non-hydrogen) atoms. The number of benzene rings is 2. The Labute approximate surface area is 238 Å². The molecule has 3 saturated carbocycles. The van der Waals surface area contributed by atoms with Gasteiger partial charge in [-0.25, -0.2) is 4.98 Å². The van der Waals surface area contributed by atoms with Crippen LogP contribution in [0.15, 0.2) is 77.9 Å². The standard InChI is InChI=1S/C33H32ClN3O3/c34-25-8-9-26-29(16-25)37(30-3-1-2-12-35-30)19-24(31(26)38)13-20-4-6-22(7-5-20)32(39)36-28-10-11-33(40)17-21-14-23(18-33)27(28)15-21/h1-9,12,16,19,21,23,27-28,40H,10-11,13-15,17-18H2,(H,36,39)/t21-,23?,27+,28-,33+/m1/s1. The first-order chi connectivity index (χ1) is 19.3. The van der Waals surface area contributed by atoms with Crippen LogP contribution in [0, 0.1) is 17.8 Å². The van der Waals surface area contributed by atoms with E-state index in [0.717, 1.165) is 37.7 Å². The number of nitrogens with one attached hydrogen (secondary N) is 1. The summed E-state index contributed by atoms with van der Waals surface area (Å²) >= 11 is 6.27. The molecule has 3 bridgehead atoms. The summed E-state index contributed by atoms with van der Waals surface area (Å²) in [6.07, 6.45) is 9.73. The highest BCUT2D eigenvalue weighted by Gasteiger charge is 2.52. The van der Waals surface area contributed by atoms with E-state index in [1.54, 1.807) is 24.4 Å². The van der Waals surface area contributed by atoms with Gasteiger partial charge in [0.05, 0.1) is 11.1 Å². The molecule has 7 rings (SSSR count). The molecule has 6 nitrogen and oxygen atoms in total. The summed E-state index contributed by atoms with van der Waals surface area (Å²) in [5.74, 6) is 2.23. The van der Waals surface area contributed by atoms with Crippen molar-refractivity contribution in [2.45, 2.75) is 56.6 Å². The number of hydrogen-bond donors (Lipinski definition) is 2. The van der Waals surface area contributed by atoms with E-state index in [2.05, 4.69) is 10.3 Å². The largest absolute Gasteiger partial charge is 0.390 e. The van der Waals surface area contributed by atoms with E-state index in [4.69, 9.17) is 11.6 Å². The molecule has 7 heteroatoms. The summed E-state index contributed by atoms with van der Waals surface area (Å²) in [6, 6.07) is 18.6. The molecule has 1 amide bonds. The zero-order valence-electron chi connectivity index (χ0n) is 22.2. The molecular formula is C33H32ClN3O3. The third kappa shape index (κ3) is 4.63. The van der Waals surface area contributed by atoms with E-state index in [1.807, 2.05) is 53.2 Å². The fourth-order valence-corrected chi connectivity index (χ4v) is 7.88. The van der Waals surface area contributed by atoms with Crippen molar-refractivity contribution in [1.29, 1.82) is 0 Å². The second kappa shape index (κ2) is 9.86. The van der Waals surface area contributed by atoms with Gasteiger partial charge in [-0.3, -0.25) is 9.59 Å². The van der Waals surface area contributed by atoms with Crippen LogP contribution in [0.25, 0.3) is 16.7 Å². The number of halogens is 1. The van der Waals surface area contributed by atoms with Crippen LogP contribution in [0.2, 0.25) is 5.02 Å². The Morgan fingerprint density at radius 3 is 2.75 bits per heavy atom. The molecule has 3 fully saturated rings. The SMILES string of the molecule is O=C(N[C@@H]1CC[C@@]2(O)CC3C[C@H](C[C@@H]31)C2)c1ccc(Cc2cn(-c3ccccn3)c3cc(Cl)ccc3c2=O)cc1. The van der Waals surface area contributed by atoms with Gasteiger partial charge in [0, 0.05) is 46.4 Å². The third-order valence-corrected chi connectivity index (χ3v) is 9.69. The number of nitrogens with zero attached hydrogens (tertiary/aromatic N) is 2. The van der Waals surface area contributed by atoms with Gasteiger partial charge in [0.2, 0.25) is 0 Å². The van der Waals surface area contributed by atoms with E-state index in [-0.39, 0.29) is 17.4 Å². The first-order valence-electron chi connectivity index (χ1n) is 14.2. The van der Waals surface area contributed by atoms with Gasteiger partial charge in [-0.2, -0.15) is 0 Å². The van der Waals surface area contributed by atoms with Crippen LogP contribution >= 0.6 is 11.6 Å². The molecule has 204 valence electrons. The zero-order chi connectivity index (χ0) is 27.4. The Morgan fingerprint density at radius 2 is 1.95 bits per heavy atom. The van der Waals surface area contributed by atoms with E-state index in [0.29, 0.717) is 57.0 Å². The highest BCUT2D eigenvalue weighted by atomic mass is 35.5. The second-order valence-corrected chi connectivity index (χ2v) is 12.5. The van der Waals surface area contributed by atoms with Gasteiger partial charge in [-0.1, -0.05) is 29.8 Å². The van der Waals surface area contributed by atoms with Crippen molar-refractivity contribution in [2.24, 2.45) is 17.8 Å². The van der Waals surface area contributed by atoms with Gasteiger partial charge in [-0.15, -0.1) is 0 Å². The number of hydrogen-bond acceptors (Lipinski definition) is 4. The summed E-state index contributed by atoms with van der Waals surface area (Å²) in [5.41, 5.74) is 2.33. The minimum atomic E-state index is -0.534. The van der Waals surface area contributed by atoms with Crippen molar-refractivity contribution < 1.29 is 9.90 Å². The molecule has 0 aliphatic heterocycles. The lowest BCUT2D eigenvalue weighted by molar-refractivity contribution is -0.0247. The molecule has 3 aliphatic rings. The topological polar surface area (TPSA) is 84.2 Å². The Kier molecular flexibility index (Phi) is 6.28. The van der Waals surface area contributed by atoms with E-state index in [1.165, 1.54) is 6.42 Å². The van der Waals surface area contributed by atoms with Crippen molar-refractivity contribution in [3.05, 3.63) is 105 Å². The summed E-state index contributed by atoms with van der Waals surface area (Å²) in [7, 11) is 0. The fraction of sp³-hybridized carbons (Fsp3) is 0.364. The van der Waals surface area contributed by atoms with Crippen LogP contribution in [0.4, 0.5) is 0 Å². The first kappa shape index (κ1) is 25.5. The van der Waals surface area contributed by atoms with Crippen LogP contribution in [0.1, 0.15) is 60.0 Å². The maximum Gasteiger partial charge on any atom is 0.251 e. The van der Waals surface area contributed by atoms with Crippen molar-refractivity contribution >= 4 is 28.4 Å². The van der Waals surface area contributed by atoms with Gasteiger partial charge < -0.3 is 15.0 Å². The smallest absolute Gasteiger partial charge is 0.251 e. The molecule has 0 radical (unpaired) electrons. The molecule has 3 aliphatic carbocycles. The van der Waals surface area contributed by atoms with E-state index in [9.17, 15) is 14.7 Å². The number of amides is 1. The van der Waals surface area contributed by atoms with E-state index >= 15 is 0 Å². The molecule has 4 aromatic rings. The summed E-state index contributed by atoms with van der Waals surface area (Å²) in [5, 5.41) is 15.5. The molecule has 1 unspecified atom stereocenters. The van der Waals surface area contributed by atoms with Gasteiger partial charge in [0.1, 0.15) is 5.82 Å². The minimum Gasteiger partial charge on any atom is -0.390 e. The Hall–Kier alpha value is -3.48. The number of pyridine rings is 2. The van der Waals surface area contributed by atoms with Gasteiger partial charge in [0.25, 0.3) is 5.91 Å². The lowest BCUT2D eigenvalue weighted by Crippen LogP contribution is -2.41. The number of carbonyl (C=O) groups excluding carboxylic acids is 1. The van der Waals surface area contributed by atoms with Gasteiger partial charge >= 0.3 is 0 Å². The van der Waals surface area contributed by atoms with Crippen LogP contribution in [0.5, 0.6) is 0 Å². The molecule has 2 N–H and O–H groups in total. The van der Waals surface area contributed by atoms with Crippen molar-refractivity contribution in [3.8, 4) is 5.82 Å². The Balaban J connectivity index is 1.12. The number of rotatable bonds is 5. The number of aromatic nitrogens is 2. The summed E-state index contributed by atoms with van der Waals surface area (Å²) in [6.45, 7) is 0. The van der Waals surface area contributed by atoms with Gasteiger partial charge in [-0.05, 0) is 104 Å². The van der Waals surface area contributed by atoms with Crippen LogP contribution in [-0.2, 0) is 6.42 Å². The average Bonchev–Trinajstić information content (AvgIpc) is 3.22. The zero-order valence-corrected chi connectivity index (χ0v) is 23.0. The maximum absolute atomic E-state index is 13.4. The van der Waals surface area contributed by atoms with Crippen molar-refractivity contribution in [2.75, 3.05) is 0 Å². The van der Waals surface area contributed by atoms with Crippen LogP contribution < -0.4 is 10.7 Å². The molecule has 2 aromatic heterocycles. The number of aliphatic hydroxyl groups is 1. The summed E-state index contributed by atoms with van der Waals surface area (Å²) < 4.78 is 1.91.